The van der Waals surface area contributed by atoms with Gasteiger partial charge in [0.1, 0.15) is 6.61 Å². The molecule has 5 nitrogen and oxygen atoms in total. The summed E-state index contributed by atoms with van der Waals surface area (Å²) >= 11 is 0. The highest BCUT2D eigenvalue weighted by Gasteiger charge is 2.08. The van der Waals surface area contributed by atoms with E-state index in [2.05, 4.69) is 4.90 Å². The monoisotopic (exact) mass is 272 g/mol. The molecule has 0 radical (unpaired) electrons. The van der Waals surface area contributed by atoms with Crippen molar-refractivity contribution >= 4 is 5.91 Å². The standard InChI is InChI=1S/C14H28N2O3/c15-14(17)13-19-11-6-2-5-10-18-12-9-16-7-3-1-4-8-16/h1-13H2,(H2,15,17). The molecule has 2 N–H and O–H groups in total. The third-order valence-electron chi connectivity index (χ3n) is 3.32. The number of carbonyl (C=O) groups is 1. The molecular formula is C14H28N2O3. The highest BCUT2D eigenvalue weighted by Crippen LogP contribution is 2.07. The number of unbranched alkanes of at least 4 members (excludes halogenated alkanes) is 2. The second kappa shape index (κ2) is 11.2. The summed E-state index contributed by atoms with van der Waals surface area (Å²) in [6.07, 6.45) is 7.15. The first-order chi connectivity index (χ1) is 9.29. The number of likely N-dealkylation sites (tertiary alicyclic amines) is 1. The van der Waals surface area contributed by atoms with Crippen LogP contribution in [0.2, 0.25) is 0 Å². The van der Waals surface area contributed by atoms with Crippen LogP contribution < -0.4 is 5.73 Å². The van der Waals surface area contributed by atoms with E-state index in [1.165, 1.54) is 32.4 Å². The molecule has 5 heteroatoms. The van der Waals surface area contributed by atoms with E-state index in [9.17, 15) is 4.79 Å². The second-order valence-corrected chi connectivity index (χ2v) is 5.09. The summed E-state index contributed by atoms with van der Waals surface area (Å²) in [5.41, 5.74) is 4.96. The molecule has 1 fully saturated rings. The molecule has 19 heavy (non-hydrogen) atoms. The Labute approximate surface area is 116 Å². The lowest BCUT2D eigenvalue weighted by atomic mass is 10.1. The highest BCUT2D eigenvalue weighted by atomic mass is 16.5. The summed E-state index contributed by atoms with van der Waals surface area (Å²) in [7, 11) is 0. The molecule has 0 aromatic carbocycles. The van der Waals surface area contributed by atoms with Gasteiger partial charge in [0.2, 0.25) is 5.91 Å². The average molecular weight is 272 g/mol. The number of amides is 1. The van der Waals surface area contributed by atoms with Gasteiger partial charge in [-0.3, -0.25) is 4.79 Å². The molecule has 112 valence electrons. The Kier molecular flexibility index (Phi) is 9.67. The lowest BCUT2D eigenvalue weighted by Gasteiger charge is -2.26. The van der Waals surface area contributed by atoms with E-state index in [0.717, 1.165) is 39.0 Å². The molecule has 0 aromatic rings. The lowest BCUT2D eigenvalue weighted by molar-refractivity contribution is -0.122. The summed E-state index contributed by atoms with van der Waals surface area (Å²) in [5.74, 6) is -0.402. The van der Waals surface area contributed by atoms with E-state index in [1.54, 1.807) is 0 Å². The van der Waals surface area contributed by atoms with Gasteiger partial charge in [-0.15, -0.1) is 0 Å². The van der Waals surface area contributed by atoms with Gasteiger partial charge < -0.3 is 20.1 Å². The van der Waals surface area contributed by atoms with Crippen molar-refractivity contribution in [2.45, 2.75) is 38.5 Å². The van der Waals surface area contributed by atoms with E-state index in [-0.39, 0.29) is 6.61 Å². The molecule has 1 amide bonds. The van der Waals surface area contributed by atoms with Crippen LogP contribution in [0.25, 0.3) is 0 Å². The summed E-state index contributed by atoms with van der Waals surface area (Å²) in [6, 6.07) is 0. The molecule has 1 aliphatic rings. The van der Waals surface area contributed by atoms with Gasteiger partial charge in [0.25, 0.3) is 0 Å². The molecule has 0 bridgehead atoms. The zero-order chi connectivity index (χ0) is 13.8. The van der Waals surface area contributed by atoms with Crippen molar-refractivity contribution in [3.63, 3.8) is 0 Å². The Morgan fingerprint density at radius 1 is 0.947 bits per heavy atom. The largest absolute Gasteiger partial charge is 0.380 e. The van der Waals surface area contributed by atoms with Gasteiger partial charge in [0, 0.05) is 19.8 Å². The number of carbonyl (C=O) groups excluding carboxylic acids is 1. The zero-order valence-electron chi connectivity index (χ0n) is 11.9. The van der Waals surface area contributed by atoms with Crippen LogP contribution in [-0.4, -0.2) is 56.9 Å². The van der Waals surface area contributed by atoms with Gasteiger partial charge in [-0.25, -0.2) is 0 Å². The van der Waals surface area contributed by atoms with Crippen molar-refractivity contribution in [1.29, 1.82) is 0 Å². The van der Waals surface area contributed by atoms with Crippen LogP contribution in [0.1, 0.15) is 38.5 Å². The van der Waals surface area contributed by atoms with Crippen molar-refractivity contribution < 1.29 is 14.3 Å². The number of rotatable bonds is 11. The fourth-order valence-electron chi connectivity index (χ4n) is 2.24. The molecule has 1 heterocycles. The SMILES string of the molecule is NC(=O)COCCCCCOCCN1CCCCC1. The Balaban J connectivity index is 1.74. The Morgan fingerprint density at radius 2 is 1.63 bits per heavy atom. The number of primary amides is 1. The van der Waals surface area contributed by atoms with Crippen LogP contribution in [0.4, 0.5) is 0 Å². The molecule has 0 aromatic heterocycles. The zero-order valence-corrected chi connectivity index (χ0v) is 11.9. The van der Waals surface area contributed by atoms with Crippen molar-refractivity contribution in [3.8, 4) is 0 Å². The summed E-state index contributed by atoms with van der Waals surface area (Å²) in [5, 5.41) is 0. The Morgan fingerprint density at radius 3 is 2.32 bits per heavy atom. The first-order valence-corrected chi connectivity index (χ1v) is 7.45. The molecule has 0 atom stereocenters. The minimum absolute atomic E-state index is 0.0341. The second-order valence-electron chi connectivity index (χ2n) is 5.09. The minimum atomic E-state index is -0.402. The van der Waals surface area contributed by atoms with Crippen molar-refractivity contribution in [2.75, 3.05) is 46.1 Å². The lowest BCUT2D eigenvalue weighted by Crippen LogP contribution is -2.32. The molecule has 1 rings (SSSR count). The van der Waals surface area contributed by atoms with Crippen LogP contribution in [0, 0.1) is 0 Å². The van der Waals surface area contributed by atoms with E-state index in [4.69, 9.17) is 15.2 Å². The molecular weight excluding hydrogens is 244 g/mol. The molecule has 0 aliphatic carbocycles. The molecule has 1 aliphatic heterocycles. The van der Waals surface area contributed by atoms with Gasteiger partial charge in [-0.05, 0) is 45.2 Å². The molecule has 0 saturated carbocycles. The first kappa shape index (κ1) is 16.4. The quantitative estimate of drug-likeness (QED) is 0.573. The third kappa shape index (κ3) is 9.87. The smallest absolute Gasteiger partial charge is 0.243 e. The van der Waals surface area contributed by atoms with E-state index in [1.807, 2.05) is 0 Å². The molecule has 0 spiro atoms. The molecule has 0 unspecified atom stereocenters. The topological polar surface area (TPSA) is 64.8 Å². The van der Waals surface area contributed by atoms with Crippen LogP contribution in [-0.2, 0) is 14.3 Å². The van der Waals surface area contributed by atoms with Gasteiger partial charge in [0.15, 0.2) is 0 Å². The van der Waals surface area contributed by atoms with Gasteiger partial charge >= 0.3 is 0 Å². The van der Waals surface area contributed by atoms with Crippen molar-refractivity contribution in [3.05, 3.63) is 0 Å². The third-order valence-corrected chi connectivity index (χ3v) is 3.32. The highest BCUT2D eigenvalue weighted by molar-refractivity contribution is 5.74. The predicted molar refractivity (Wildman–Crippen MR) is 75.0 cm³/mol. The predicted octanol–water partition coefficient (Wildman–Crippen LogP) is 1.16. The Hall–Kier alpha value is -0.650. The van der Waals surface area contributed by atoms with E-state index < -0.39 is 5.91 Å². The van der Waals surface area contributed by atoms with Gasteiger partial charge in [0.05, 0.1) is 6.61 Å². The minimum Gasteiger partial charge on any atom is -0.380 e. The maximum absolute atomic E-state index is 10.4. The van der Waals surface area contributed by atoms with Crippen molar-refractivity contribution in [2.24, 2.45) is 5.73 Å². The number of nitrogens with zero attached hydrogens (tertiary/aromatic N) is 1. The Bertz CT molecular complexity index is 231. The maximum atomic E-state index is 10.4. The summed E-state index contributed by atoms with van der Waals surface area (Å²) < 4.78 is 10.7. The van der Waals surface area contributed by atoms with Crippen LogP contribution >= 0.6 is 0 Å². The fourth-order valence-corrected chi connectivity index (χ4v) is 2.24. The number of hydrogen-bond acceptors (Lipinski definition) is 4. The number of nitrogens with two attached hydrogens (primary N) is 1. The van der Waals surface area contributed by atoms with E-state index in [0.29, 0.717) is 6.61 Å². The van der Waals surface area contributed by atoms with Crippen LogP contribution in [0.3, 0.4) is 0 Å². The summed E-state index contributed by atoms with van der Waals surface area (Å²) in [6.45, 7) is 5.85. The number of piperidine rings is 1. The van der Waals surface area contributed by atoms with Crippen molar-refractivity contribution in [1.82, 2.24) is 4.90 Å². The summed E-state index contributed by atoms with van der Waals surface area (Å²) in [4.78, 5) is 12.9. The van der Waals surface area contributed by atoms with Crippen LogP contribution in [0.5, 0.6) is 0 Å². The van der Waals surface area contributed by atoms with E-state index >= 15 is 0 Å². The normalized spacial score (nSPS) is 16.6. The first-order valence-electron chi connectivity index (χ1n) is 7.45. The van der Waals surface area contributed by atoms with Crippen LogP contribution in [0.15, 0.2) is 0 Å². The number of ether oxygens (including phenoxy) is 2. The van der Waals surface area contributed by atoms with Gasteiger partial charge in [-0.2, -0.15) is 0 Å². The maximum Gasteiger partial charge on any atom is 0.243 e. The fraction of sp³-hybridized carbons (Fsp3) is 0.929. The molecule has 1 saturated heterocycles. The number of hydrogen-bond donors (Lipinski definition) is 1. The van der Waals surface area contributed by atoms with Gasteiger partial charge in [-0.1, -0.05) is 6.42 Å². The average Bonchev–Trinajstić information content (AvgIpc) is 2.42.